The summed E-state index contributed by atoms with van der Waals surface area (Å²) in [6.07, 6.45) is 1.61. The highest BCUT2D eigenvalue weighted by Crippen LogP contribution is 2.16. The molecule has 2 rings (SSSR count). The molecule has 0 unspecified atom stereocenters. The van der Waals surface area contributed by atoms with E-state index in [0.717, 1.165) is 5.76 Å². The summed E-state index contributed by atoms with van der Waals surface area (Å²) in [6, 6.07) is 10.8. The molecule has 1 aromatic heterocycles. The van der Waals surface area contributed by atoms with E-state index in [-0.39, 0.29) is 30.9 Å². The maximum absolute atomic E-state index is 12.2. The molecular formula is C18H24N3O4+. The van der Waals surface area contributed by atoms with Crippen LogP contribution >= 0.6 is 0 Å². The van der Waals surface area contributed by atoms with Crippen molar-refractivity contribution in [3.05, 3.63) is 48.4 Å². The average Bonchev–Trinajstić information content (AvgIpc) is 3.14. The number of methoxy groups -OCH3 is 1. The first-order chi connectivity index (χ1) is 12.0. The Kier molecular flexibility index (Phi) is 6.59. The molecule has 0 aliphatic heterocycles. The Morgan fingerprint density at radius 2 is 2.12 bits per heavy atom. The van der Waals surface area contributed by atoms with Crippen LogP contribution in [0, 0.1) is 0 Å². The van der Waals surface area contributed by atoms with E-state index in [1.165, 1.54) is 4.90 Å². The van der Waals surface area contributed by atoms with Crippen molar-refractivity contribution in [2.45, 2.75) is 13.0 Å². The van der Waals surface area contributed by atoms with Gasteiger partial charge in [-0.05, 0) is 31.2 Å². The lowest BCUT2D eigenvalue weighted by atomic mass is 10.2. The van der Waals surface area contributed by atoms with Crippen LogP contribution in [0.5, 0.6) is 5.75 Å². The smallest absolute Gasteiger partial charge is 0.277 e. The Hall–Kier alpha value is -2.80. The second-order valence-electron chi connectivity index (χ2n) is 5.77. The first kappa shape index (κ1) is 18.5. The maximum atomic E-state index is 12.2. The number of hydrogen-bond donors (Lipinski definition) is 2. The molecule has 2 aromatic rings. The molecule has 1 aromatic carbocycles. The number of benzene rings is 1. The number of rotatable bonds is 8. The molecule has 3 N–H and O–H groups in total. The number of carbonyl (C=O) groups is 2. The number of nitrogens with zero attached hydrogens (tertiary/aromatic N) is 1. The van der Waals surface area contributed by atoms with Gasteiger partial charge in [0.2, 0.25) is 5.91 Å². The first-order valence-corrected chi connectivity index (χ1v) is 8.04. The summed E-state index contributed by atoms with van der Waals surface area (Å²) < 4.78 is 10.4. The quantitative estimate of drug-likeness (QED) is 0.747. The van der Waals surface area contributed by atoms with Crippen LogP contribution in [-0.4, -0.2) is 44.0 Å². The van der Waals surface area contributed by atoms with Gasteiger partial charge < -0.3 is 24.7 Å². The van der Waals surface area contributed by atoms with E-state index in [9.17, 15) is 9.59 Å². The normalized spacial score (nSPS) is 11.6. The highest BCUT2D eigenvalue weighted by atomic mass is 16.5. The van der Waals surface area contributed by atoms with Crippen molar-refractivity contribution in [2.24, 2.45) is 0 Å². The number of quaternary nitrogens is 1. The largest absolute Gasteiger partial charge is 0.497 e. The van der Waals surface area contributed by atoms with Gasteiger partial charge in [-0.2, -0.15) is 0 Å². The lowest BCUT2D eigenvalue weighted by Gasteiger charge is -2.17. The Balaban J connectivity index is 1.78. The third kappa shape index (κ3) is 5.65. The summed E-state index contributed by atoms with van der Waals surface area (Å²) in [4.78, 5) is 25.7. The standard InChI is InChI=1S/C18H23N3O4/c1-13(16-8-5-9-25-16)19-11-18(23)21(2)12-17(22)20-14-6-4-7-15(10-14)24-3/h4-10,13,19H,11-12H2,1-3H3,(H,20,22)/p+1/t13-/m1/s1. The van der Waals surface area contributed by atoms with Gasteiger partial charge in [0.15, 0.2) is 12.3 Å². The Labute approximate surface area is 146 Å². The minimum absolute atomic E-state index is 0.0149. The number of hydrogen-bond acceptors (Lipinski definition) is 4. The van der Waals surface area contributed by atoms with E-state index < -0.39 is 0 Å². The maximum Gasteiger partial charge on any atom is 0.277 e. The van der Waals surface area contributed by atoms with Crippen molar-refractivity contribution in [3.8, 4) is 5.75 Å². The second kappa shape index (κ2) is 8.89. The number of furan rings is 1. The zero-order valence-electron chi connectivity index (χ0n) is 14.7. The SMILES string of the molecule is COc1cccc(NC(=O)CN(C)C(=O)C[NH2+][C@H](C)c2ccco2)c1. The summed E-state index contributed by atoms with van der Waals surface area (Å²) >= 11 is 0. The monoisotopic (exact) mass is 346 g/mol. The van der Waals surface area contributed by atoms with Crippen LogP contribution in [0.1, 0.15) is 18.7 Å². The van der Waals surface area contributed by atoms with Gasteiger partial charge in [0, 0.05) is 18.8 Å². The van der Waals surface area contributed by atoms with Gasteiger partial charge in [0.25, 0.3) is 5.91 Å². The first-order valence-electron chi connectivity index (χ1n) is 8.04. The molecule has 0 fully saturated rings. The van der Waals surface area contributed by atoms with Crippen LogP contribution in [0.25, 0.3) is 0 Å². The molecule has 25 heavy (non-hydrogen) atoms. The van der Waals surface area contributed by atoms with Gasteiger partial charge >= 0.3 is 0 Å². The predicted octanol–water partition coefficient (Wildman–Crippen LogP) is 1.01. The molecule has 7 heteroatoms. The Morgan fingerprint density at radius 1 is 1.32 bits per heavy atom. The van der Waals surface area contributed by atoms with Gasteiger partial charge in [0.1, 0.15) is 11.8 Å². The number of nitrogens with one attached hydrogen (secondary N) is 1. The van der Waals surface area contributed by atoms with Gasteiger partial charge in [-0.1, -0.05) is 6.07 Å². The third-order valence-corrected chi connectivity index (χ3v) is 3.80. The number of anilines is 1. The molecular weight excluding hydrogens is 322 g/mol. The Bertz CT molecular complexity index is 700. The number of nitrogens with two attached hydrogens (primary N) is 1. The molecule has 0 aliphatic rings. The summed E-state index contributed by atoms with van der Waals surface area (Å²) in [6.45, 7) is 2.19. The van der Waals surface area contributed by atoms with Crippen LogP contribution < -0.4 is 15.4 Å². The molecule has 0 bridgehead atoms. The van der Waals surface area contributed by atoms with Crippen LogP contribution in [0.15, 0.2) is 47.1 Å². The summed E-state index contributed by atoms with van der Waals surface area (Å²) in [5, 5.41) is 4.62. The minimum Gasteiger partial charge on any atom is -0.497 e. The van der Waals surface area contributed by atoms with Crippen molar-refractivity contribution in [1.29, 1.82) is 0 Å². The molecule has 7 nitrogen and oxygen atoms in total. The van der Waals surface area contributed by atoms with E-state index in [1.807, 2.05) is 24.4 Å². The Morgan fingerprint density at radius 3 is 2.80 bits per heavy atom. The summed E-state index contributed by atoms with van der Waals surface area (Å²) in [5.74, 6) is 1.08. The summed E-state index contributed by atoms with van der Waals surface area (Å²) in [7, 11) is 3.17. The van der Waals surface area contributed by atoms with Crippen molar-refractivity contribution in [2.75, 3.05) is 32.6 Å². The highest BCUT2D eigenvalue weighted by Gasteiger charge is 2.18. The topological polar surface area (TPSA) is 88.4 Å². The zero-order chi connectivity index (χ0) is 18.2. The number of carbonyl (C=O) groups excluding carboxylic acids is 2. The van der Waals surface area contributed by atoms with E-state index in [4.69, 9.17) is 9.15 Å². The molecule has 0 aliphatic carbocycles. The fourth-order valence-electron chi connectivity index (χ4n) is 2.30. The molecule has 1 heterocycles. The van der Waals surface area contributed by atoms with Crippen molar-refractivity contribution in [3.63, 3.8) is 0 Å². The highest BCUT2D eigenvalue weighted by molar-refractivity contribution is 5.94. The fourth-order valence-corrected chi connectivity index (χ4v) is 2.30. The van der Waals surface area contributed by atoms with Gasteiger partial charge in [-0.3, -0.25) is 9.59 Å². The number of likely N-dealkylation sites (N-methyl/N-ethyl adjacent to an activating group) is 1. The predicted molar refractivity (Wildman–Crippen MR) is 93.2 cm³/mol. The molecule has 2 amide bonds. The minimum atomic E-state index is -0.261. The number of amides is 2. The van der Waals surface area contributed by atoms with E-state index in [1.54, 1.807) is 44.7 Å². The lowest BCUT2D eigenvalue weighted by molar-refractivity contribution is -0.684. The molecule has 0 spiro atoms. The van der Waals surface area contributed by atoms with Crippen LogP contribution in [0.4, 0.5) is 5.69 Å². The number of ether oxygens (including phenoxy) is 1. The second-order valence-corrected chi connectivity index (χ2v) is 5.77. The molecule has 134 valence electrons. The van der Waals surface area contributed by atoms with Gasteiger partial charge in [0.05, 0.1) is 19.9 Å². The van der Waals surface area contributed by atoms with E-state index in [2.05, 4.69) is 5.32 Å². The molecule has 0 saturated carbocycles. The zero-order valence-corrected chi connectivity index (χ0v) is 14.7. The van der Waals surface area contributed by atoms with Crippen molar-refractivity contribution in [1.82, 2.24) is 4.90 Å². The van der Waals surface area contributed by atoms with Crippen LogP contribution in [-0.2, 0) is 9.59 Å². The molecule has 1 atom stereocenters. The fraction of sp³-hybridized carbons (Fsp3) is 0.333. The van der Waals surface area contributed by atoms with Gasteiger partial charge in [-0.15, -0.1) is 0 Å². The molecule has 0 saturated heterocycles. The van der Waals surface area contributed by atoms with E-state index >= 15 is 0 Å². The van der Waals surface area contributed by atoms with Gasteiger partial charge in [-0.25, -0.2) is 0 Å². The van der Waals surface area contributed by atoms with Crippen molar-refractivity contribution >= 4 is 17.5 Å². The average molecular weight is 346 g/mol. The third-order valence-electron chi connectivity index (χ3n) is 3.80. The van der Waals surface area contributed by atoms with Crippen LogP contribution in [0.2, 0.25) is 0 Å². The van der Waals surface area contributed by atoms with E-state index in [0.29, 0.717) is 11.4 Å². The van der Waals surface area contributed by atoms with Crippen molar-refractivity contribution < 1.29 is 24.1 Å². The lowest BCUT2D eigenvalue weighted by Crippen LogP contribution is -2.87. The molecule has 0 radical (unpaired) electrons. The summed E-state index contributed by atoms with van der Waals surface area (Å²) in [5.41, 5.74) is 0.628. The van der Waals surface area contributed by atoms with Crippen LogP contribution in [0.3, 0.4) is 0 Å².